The average molecular weight is 273 g/mol. The van der Waals surface area contributed by atoms with Gasteiger partial charge in [0.05, 0.1) is 15.7 Å². The minimum absolute atomic E-state index is 0.0199. The summed E-state index contributed by atoms with van der Waals surface area (Å²) in [4.78, 5) is 23.1. The van der Waals surface area contributed by atoms with E-state index in [4.69, 9.17) is 0 Å². The highest BCUT2D eigenvalue weighted by atomic mass is 16.6. The normalized spacial score (nSPS) is 19.1. The van der Waals surface area contributed by atoms with Gasteiger partial charge in [-0.3, -0.25) is 14.9 Å². The Labute approximate surface area is 115 Å². The van der Waals surface area contributed by atoms with Crippen LogP contribution in [0.5, 0.6) is 0 Å². The molecule has 0 aliphatic carbocycles. The van der Waals surface area contributed by atoms with E-state index >= 15 is 0 Å². The van der Waals surface area contributed by atoms with Gasteiger partial charge in [0.25, 0.3) is 11.2 Å². The van der Waals surface area contributed by atoms with Crippen LogP contribution in [0.4, 0.5) is 5.69 Å². The number of fused-ring (bicyclic) bond motifs is 1. The molecule has 2 aromatic rings. The summed E-state index contributed by atoms with van der Waals surface area (Å²) in [6, 6.07) is 6.43. The van der Waals surface area contributed by atoms with Crippen molar-refractivity contribution < 1.29 is 4.92 Å². The highest BCUT2D eigenvalue weighted by Crippen LogP contribution is 2.24. The maximum atomic E-state index is 12.5. The number of nitrogens with zero attached hydrogens (tertiary/aromatic N) is 2. The molecule has 6 nitrogen and oxygen atoms in total. The number of pyridine rings is 1. The van der Waals surface area contributed by atoms with Crippen LogP contribution in [0.3, 0.4) is 0 Å². The zero-order valence-corrected chi connectivity index (χ0v) is 10.9. The second-order valence-corrected chi connectivity index (χ2v) is 5.02. The van der Waals surface area contributed by atoms with Crippen LogP contribution in [0, 0.1) is 10.1 Å². The Hall–Kier alpha value is -2.21. The number of benzene rings is 1. The highest BCUT2D eigenvalue weighted by Gasteiger charge is 2.19. The van der Waals surface area contributed by atoms with Gasteiger partial charge >= 0.3 is 0 Å². The molecule has 0 radical (unpaired) electrons. The molecule has 3 rings (SSSR count). The van der Waals surface area contributed by atoms with Crippen LogP contribution in [0.25, 0.3) is 10.8 Å². The Morgan fingerprint density at radius 1 is 1.30 bits per heavy atom. The summed E-state index contributed by atoms with van der Waals surface area (Å²) < 4.78 is 1.69. The molecular weight excluding hydrogens is 258 g/mol. The molecular formula is C14H15N3O3. The minimum atomic E-state index is -0.450. The predicted octanol–water partition coefficient (Wildman–Crippen LogP) is 1.83. The number of piperidine rings is 1. The lowest BCUT2D eigenvalue weighted by molar-refractivity contribution is -0.383. The first-order valence-corrected chi connectivity index (χ1v) is 6.67. The average Bonchev–Trinajstić information content (AvgIpc) is 2.48. The summed E-state index contributed by atoms with van der Waals surface area (Å²) >= 11 is 0. The standard InChI is InChI=1S/C14H15N3O3/c18-14-12-4-1-5-13(17(19)20)11(12)6-8-16(14)10-3-2-7-15-9-10/h1,4-6,8,10,15H,2-3,7,9H2. The van der Waals surface area contributed by atoms with Crippen molar-refractivity contribution in [2.45, 2.75) is 18.9 Å². The Morgan fingerprint density at radius 3 is 2.85 bits per heavy atom. The lowest BCUT2D eigenvalue weighted by Crippen LogP contribution is -2.36. The number of nitro benzene ring substituents is 1. The monoisotopic (exact) mass is 273 g/mol. The second kappa shape index (κ2) is 5.05. The third-order valence-corrected chi connectivity index (χ3v) is 3.81. The highest BCUT2D eigenvalue weighted by molar-refractivity contribution is 5.89. The molecule has 1 aliphatic heterocycles. The summed E-state index contributed by atoms with van der Waals surface area (Å²) in [7, 11) is 0. The van der Waals surface area contributed by atoms with E-state index in [9.17, 15) is 14.9 Å². The second-order valence-electron chi connectivity index (χ2n) is 5.02. The first kappa shape index (κ1) is 12.8. The van der Waals surface area contributed by atoms with Crippen molar-refractivity contribution >= 4 is 16.5 Å². The Balaban J connectivity index is 2.16. The molecule has 104 valence electrons. The molecule has 0 bridgehead atoms. The molecule has 1 aromatic heterocycles. The number of nitrogens with one attached hydrogen (secondary N) is 1. The number of non-ortho nitro benzene ring substituents is 1. The maximum absolute atomic E-state index is 12.5. The van der Waals surface area contributed by atoms with E-state index in [1.165, 1.54) is 6.07 Å². The summed E-state index contributed by atoms with van der Waals surface area (Å²) in [6.07, 6.45) is 3.66. The minimum Gasteiger partial charge on any atom is -0.315 e. The Kier molecular flexibility index (Phi) is 3.23. The number of rotatable bonds is 2. The fraction of sp³-hybridized carbons (Fsp3) is 0.357. The van der Waals surface area contributed by atoms with Crippen molar-refractivity contribution in [2.24, 2.45) is 0 Å². The lowest BCUT2D eigenvalue weighted by atomic mass is 10.1. The third-order valence-electron chi connectivity index (χ3n) is 3.81. The van der Waals surface area contributed by atoms with Crippen LogP contribution in [0.1, 0.15) is 18.9 Å². The summed E-state index contributed by atoms with van der Waals surface area (Å²) in [6.45, 7) is 1.74. The molecule has 1 aromatic carbocycles. The number of hydrogen-bond donors (Lipinski definition) is 1. The van der Waals surface area contributed by atoms with Crippen LogP contribution in [0.15, 0.2) is 35.3 Å². The molecule has 1 aliphatic rings. The largest absolute Gasteiger partial charge is 0.315 e. The lowest BCUT2D eigenvalue weighted by Gasteiger charge is -2.25. The quantitative estimate of drug-likeness (QED) is 0.669. The first-order valence-electron chi connectivity index (χ1n) is 6.67. The van der Waals surface area contributed by atoms with Crippen LogP contribution < -0.4 is 10.9 Å². The molecule has 1 saturated heterocycles. The fourth-order valence-corrected chi connectivity index (χ4v) is 2.79. The van der Waals surface area contributed by atoms with Crippen molar-refractivity contribution in [1.29, 1.82) is 0 Å². The van der Waals surface area contributed by atoms with Crippen molar-refractivity contribution in [3.8, 4) is 0 Å². The Morgan fingerprint density at radius 2 is 2.15 bits per heavy atom. The number of aromatic nitrogens is 1. The summed E-state index contributed by atoms with van der Waals surface area (Å²) in [5.74, 6) is 0. The van der Waals surface area contributed by atoms with Gasteiger partial charge in [-0.15, -0.1) is 0 Å². The van der Waals surface area contributed by atoms with E-state index in [0.29, 0.717) is 10.8 Å². The molecule has 0 spiro atoms. The van der Waals surface area contributed by atoms with Crippen molar-refractivity contribution in [2.75, 3.05) is 13.1 Å². The van der Waals surface area contributed by atoms with E-state index < -0.39 is 4.92 Å². The molecule has 6 heteroatoms. The third kappa shape index (κ3) is 2.08. The van der Waals surface area contributed by atoms with E-state index in [1.807, 2.05) is 0 Å². The van der Waals surface area contributed by atoms with E-state index in [0.717, 1.165) is 25.9 Å². The molecule has 1 atom stereocenters. The van der Waals surface area contributed by atoms with Gasteiger partial charge in [-0.05, 0) is 31.5 Å². The van der Waals surface area contributed by atoms with Gasteiger partial charge in [0.1, 0.15) is 0 Å². The van der Waals surface area contributed by atoms with E-state index in [1.54, 1.807) is 29.0 Å². The van der Waals surface area contributed by atoms with Gasteiger partial charge in [0, 0.05) is 24.8 Å². The van der Waals surface area contributed by atoms with Gasteiger partial charge in [-0.25, -0.2) is 0 Å². The zero-order valence-electron chi connectivity index (χ0n) is 10.9. The van der Waals surface area contributed by atoms with Crippen molar-refractivity contribution in [1.82, 2.24) is 9.88 Å². The van der Waals surface area contributed by atoms with E-state index in [2.05, 4.69) is 5.32 Å². The molecule has 1 unspecified atom stereocenters. The van der Waals surface area contributed by atoms with Crippen LogP contribution in [0.2, 0.25) is 0 Å². The van der Waals surface area contributed by atoms with Gasteiger partial charge in [0.15, 0.2) is 0 Å². The number of nitro groups is 1. The molecule has 1 fully saturated rings. The SMILES string of the molecule is O=c1c2cccc([N+](=O)[O-])c2ccn1C1CCCNC1. The van der Waals surface area contributed by atoms with Crippen molar-refractivity contribution in [3.05, 3.63) is 50.9 Å². The maximum Gasteiger partial charge on any atom is 0.277 e. The van der Waals surface area contributed by atoms with Crippen LogP contribution in [-0.4, -0.2) is 22.6 Å². The zero-order chi connectivity index (χ0) is 14.1. The predicted molar refractivity (Wildman–Crippen MR) is 76.0 cm³/mol. The van der Waals surface area contributed by atoms with Gasteiger partial charge in [-0.2, -0.15) is 0 Å². The van der Waals surface area contributed by atoms with Crippen LogP contribution >= 0.6 is 0 Å². The topological polar surface area (TPSA) is 77.2 Å². The summed E-state index contributed by atoms with van der Waals surface area (Å²) in [5.41, 5.74) is -0.173. The Bertz CT molecular complexity index is 717. The smallest absolute Gasteiger partial charge is 0.277 e. The van der Waals surface area contributed by atoms with Gasteiger partial charge < -0.3 is 9.88 Å². The van der Waals surface area contributed by atoms with Crippen LogP contribution in [-0.2, 0) is 0 Å². The summed E-state index contributed by atoms with van der Waals surface area (Å²) in [5, 5.41) is 15.1. The van der Waals surface area contributed by atoms with E-state index in [-0.39, 0.29) is 17.3 Å². The first-order chi connectivity index (χ1) is 9.68. The molecule has 1 N–H and O–H groups in total. The fourth-order valence-electron chi connectivity index (χ4n) is 2.79. The molecule has 2 heterocycles. The van der Waals surface area contributed by atoms with Crippen molar-refractivity contribution in [3.63, 3.8) is 0 Å². The number of hydrogen-bond acceptors (Lipinski definition) is 4. The molecule has 0 amide bonds. The van der Waals surface area contributed by atoms with Gasteiger partial charge in [0.2, 0.25) is 0 Å². The molecule has 20 heavy (non-hydrogen) atoms. The molecule has 0 saturated carbocycles. The van der Waals surface area contributed by atoms with Gasteiger partial charge in [-0.1, -0.05) is 6.07 Å².